The molecule has 0 aliphatic carbocycles. The lowest BCUT2D eigenvalue weighted by Crippen LogP contribution is -2.80. The number of benzene rings is 2. The molecule has 14 heteroatoms. The third kappa shape index (κ3) is 6.75. The van der Waals surface area contributed by atoms with Crippen molar-refractivity contribution in [2.45, 2.75) is 45.0 Å². The van der Waals surface area contributed by atoms with Crippen LogP contribution in [0.25, 0.3) is 11.1 Å². The fraction of sp³-hybridized carbons (Fsp3) is 0.321. The van der Waals surface area contributed by atoms with Crippen molar-refractivity contribution in [1.82, 2.24) is 4.98 Å². The number of anilines is 1. The van der Waals surface area contributed by atoms with Gasteiger partial charge in [0.25, 0.3) is 6.43 Å². The van der Waals surface area contributed by atoms with Crippen LogP contribution in [0.4, 0.5) is 51.0 Å². The van der Waals surface area contributed by atoms with Gasteiger partial charge in [0.05, 0.1) is 34.0 Å². The number of carbonyl (C=O) groups is 1. The van der Waals surface area contributed by atoms with Crippen molar-refractivity contribution < 1.29 is 49.6 Å². The molecule has 0 radical (unpaired) electrons. The minimum Gasteiger partial charge on any atom is -0.313 e. The predicted octanol–water partition coefficient (Wildman–Crippen LogP) is 6.63. The zero-order valence-corrected chi connectivity index (χ0v) is 22.7. The lowest BCUT2D eigenvalue weighted by atomic mass is 9.81. The number of hydrogen-bond donors (Lipinski definition) is 2. The standard InChI is InChI=1S/C28H25F9N4O/c1-14-7-18(29)5-6-19(14)23-20(11-38)24(40-13-22(30)31)39-12-21(23)41(4)25(42)26(2,3)15-8-16(27(32,33)34)10-17(9-15)28(35,36)37/h5-12,22,38H,13H2,1-4H3,(H,39,40)/p+1. The topological polar surface area (TPSA) is 73.7 Å². The van der Waals surface area contributed by atoms with E-state index >= 15 is 0 Å². The number of rotatable bonds is 8. The minimum atomic E-state index is -5.14. The van der Waals surface area contributed by atoms with Crippen molar-refractivity contribution in [3.63, 3.8) is 0 Å². The highest BCUT2D eigenvalue weighted by atomic mass is 19.4. The van der Waals surface area contributed by atoms with E-state index in [-0.39, 0.29) is 34.3 Å². The Balaban J connectivity index is 2.24. The first-order valence-corrected chi connectivity index (χ1v) is 12.3. The van der Waals surface area contributed by atoms with Crippen LogP contribution >= 0.6 is 0 Å². The summed E-state index contributed by atoms with van der Waals surface area (Å²) in [4.78, 5) is 18.9. The van der Waals surface area contributed by atoms with Gasteiger partial charge in [-0.2, -0.15) is 26.3 Å². The summed E-state index contributed by atoms with van der Waals surface area (Å²) in [6.07, 6.45) is -11.1. The first-order valence-electron chi connectivity index (χ1n) is 12.3. The maximum Gasteiger partial charge on any atom is 0.416 e. The molecule has 2 aromatic carbocycles. The molecule has 3 rings (SSSR count). The van der Waals surface area contributed by atoms with Gasteiger partial charge < -0.3 is 10.3 Å². The molecule has 226 valence electrons. The van der Waals surface area contributed by atoms with Gasteiger partial charge in [0, 0.05) is 18.8 Å². The zero-order chi connectivity index (χ0) is 31.8. The van der Waals surface area contributed by atoms with Crippen molar-refractivity contribution in [2.75, 3.05) is 18.5 Å². The first-order chi connectivity index (χ1) is 19.3. The predicted molar refractivity (Wildman–Crippen MR) is 138 cm³/mol. The van der Waals surface area contributed by atoms with E-state index in [2.05, 4.69) is 4.98 Å². The minimum absolute atomic E-state index is 0.0151. The number of halogens is 9. The second kappa shape index (κ2) is 11.7. The Kier molecular flexibility index (Phi) is 9.11. The molecular weight excluding hydrogens is 579 g/mol. The van der Waals surface area contributed by atoms with Gasteiger partial charge >= 0.3 is 12.4 Å². The third-order valence-electron chi connectivity index (χ3n) is 6.73. The van der Waals surface area contributed by atoms with Gasteiger partial charge in [-0.25, -0.2) is 18.2 Å². The molecule has 42 heavy (non-hydrogen) atoms. The summed E-state index contributed by atoms with van der Waals surface area (Å²) < 4.78 is 121. The van der Waals surface area contributed by atoms with E-state index in [0.29, 0.717) is 17.7 Å². The number of carbonyl (C=O) groups excluding carboxylic acids is 1. The molecule has 3 aromatic rings. The number of aromatic nitrogens is 1. The number of alkyl halides is 8. The van der Waals surface area contributed by atoms with E-state index in [1.807, 2.05) is 0 Å². The molecule has 0 spiro atoms. The molecule has 0 aliphatic rings. The average Bonchev–Trinajstić information content (AvgIpc) is 2.89. The fourth-order valence-corrected chi connectivity index (χ4v) is 4.45. The van der Waals surface area contributed by atoms with Crippen LogP contribution in [0.1, 0.15) is 41.7 Å². The molecule has 3 N–H and O–H groups in total. The quantitative estimate of drug-likeness (QED) is 0.224. The molecule has 0 saturated heterocycles. The molecule has 0 aliphatic heterocycles. The Morgan fingerprint density at radius 3 is 2.02 bits per heavy atom. The van der Waals surface area contributed by atoms with Gasteiger partial charge in [-0.05, 0) is 67.8 Å². The van der Waals surface area contributed by atoms with E-state index in [0.717, 1.165) is 48.6 Å². The third-order valence-corrected chi connectivity index (χ3v) is 6.73. The van der Waals surface area contributed by atoms with Crippen molar-refractivity contribution >= 4 is 23.6 Å². The number of nitrogens with one attached hydrogen (secondary N) is 1. The van der Waals surface area contributed by atoms with Gasteiger partial charge in [0.15, 0.2) is 0 Å². The number of likely N-dealkylation sites (N-methyl/N-ethyl adjacent to an activating group) is 1. The highest BCUT2D eigenvalue weighted by molar-refractivity contribution is 6.06. The number of amides is 1. The van der Waals surface area contributed by atoms with Crippen LogP contribution in [0, 0.1) is 18.2 Å². The number of quaternary nitrogens is 1. The summed E-state index contributed by atoms with van der Waals surface area (Å²) in [5.74, 6) is -1.60. The highest BCUT2D eigenvalue weighted by Crippen LogP contribution is 2.41. The Labute approximate surface area is 234 Å². The SMILES string of the molecule is Cc1cc(F)ccc1-c1c(N(C)C(=O)C(C)(C)c2cc(C(F)(F)F)cc(C(F)(F)F)c2)cnc([NH2+]CC(F)F)c1C=N. The average molecular weight is 606 g/mol. The van der Waals surface area contributed by atoms with Gasteiger partial charge in [0.1, 0.15) is 12.4 Å². The largest absolute Gasteiger partial charge is 0.416 e. The van der Waals surface area contributed by atoms with E-state index in [4.69, 9.17) is 5.41 Å². The molecule has 0 saturated carbocycles. The van der Waals surface area contributed by atoms with Crippen molar-refractivity contribution in [2.24, 2.45) is 0 Å². The number of nitrogens with two attached hydrogens (primary N) is 1. The van der Waals surface area contributed by atoms with Crippen LogP contribution in [-0.2, 0) is 22.6 Å². The number of pyridine rings is 1. The Morgan fingerprint density at radius 1 is 1.00 bits per heavy atom. The first kappa shape index (κ1) is 32.6. The van der Waals surface area contributed by atoms with Gasteiger partial charge in [-0.1, -0.05) is 6.07 Å². The molecule has 5 nitrogen and oxygen atoms in total. The Bertz CT molecular complexity index is 1470. The number of hydrogen-bond acceptors (Lipinski definition) is 3. The fourth-order valence-electron chi connectivity index (χ4n) is 4.45. The van der Waals surface area contributed by atoms with Crippen molar-refractivity contribution in [3.8, 4) is 11.1 Å². The maximum absolute atomic E-state index is 13.9. The molecular formula is C28H26F9N4O+. The zero-order valence-electron chi connectivity index (χ0n) is 22.7. The second-order valence-electron chi connectivity index (χ2n) is 10.0. The lowest BCUT2D eigenvalue weighted by Gasteiger charge is -2.32. The monoisotopic (exact) mass is 605 g/mol. The molecule has 0 bridgehead atoms. The maximum atomic E-state index is 13.9. The van der Waals surface area contributed by atoms with E-state index in [1.54, 1.807) is 0 Å². The van der Waals surface area contributed by atoms with Crippen LogP contribution < -0.4 is 10.2 Å². The highest BCUT2D eigenvalue weighted by Gasteiger charge is 2.41. The van der Waals surface area contributed by atoms with Crippen molar-refractivity contribution in [1.29, 1.82) is 5.41 Å². The summed E-state index contributed by atoms with van der Waals surface area (Å²) in [5.41, 5.74) is -5.05. The summed E-state index contributed by atoms with van der Waals surface area (Å²) >= 11 is 0. The molecule has 0 unspecified atom stereocenters. The van der Waals surface area contributed by atoms with Crippen LogP contribution in [0.5, 0.6) is 0 Å². The smallest absolute Gasteiger partial charge is 0.313 e. The summed E-state index contributed by atoms with van der Waals surface area (Å²) in [6.45, 7) is 3.11. The van der Waals surface area contributed by atoms with Crippen LogP contribution in [0.15, 0.2) is 42.6 Å². The van der Waals surface area contributed by atoms with Crippen LogP contribution in [0.3, 0.4) is 0 Å². The summed E-state index contributed by atoms with van der Waals surface area (Å²) in [7, 11) is 1.21. The second-order valence-corrected chi connectivity index (χ2v) is 10.0. The van der Waals surface area contributed by atoms with Crippen molar-refractivity contribution in [3.05, 3.63) is 76.2 Å². The van der Waals surface area contributed by atoms with Gasteiger partial charge in [0.2, 0.25) is 11.7 Å². The molecule has 1 heterocycles. The lowest BCUT2D eigenvalue weighted by molar-refractivity contribution is -0.585. The van der Waals surface area contributed by atoms with Crippen LogP contribution in [-0.4, -0.2) is 37.1 Å². The van der Waals surface area contributed by atoms with Crippen LogP contribution in [0.2, 0.25) is 0 Å². The molecule has 1 amide bonds. The number of nitrogens with zero attached hydrogens (tertiary/aromatic N) is 2. The molecule has 1 aromatic heterocycles. The van der Waals surface area contributed by atoms with E-state index in [1.165, 1.54) is 20.0 Å². The Morgan fingerprint density at radius 2 is 1.55 bits per heavy atom. The summed E-state index contributed by atoms with van der Waals surface area (Å²) in [6, 6.07) is 4.47. The number of aryl methyl sites for hydroxylation is 1. The van der Waals surface area contributed by atoms with E-state index < -0.39 is 59.2 Å². The Hall–Kier alpha value is -3.94. The summed E-state index contributed by atoms with van der Waals surface area (Å²) in [5, 5.41) is 9.05. The van der Waals surface area contributed by atoms with Gasteiger partial charge in [-0.3, -0.25) is 10.1 Å². The van der Waals surface area contributed by atoms with Gasteiger partial charge in [-0.15, -0.1) is 0 Å². The molecule has 0 fully saturated rings. The normalized spacial score (nSPS) is 12.5. The van der Waals surface area contributed by atoms with E-state index in [9.17, 15) is 44.3 Å². The molecule has 0 atom stereocenters.